The quantitative estimate of drug-likeness (QED) is 0.513. The molecule has 4 unspecified atom stereocenters. The van der Waals surface area contributed by atoms with Crippen LogP contribution in [0.25, 0.3) is 0 Å². The van der Waals surface area contributed by atoms with Gasteiger partial charge in [0, 0.05) is 11.4 Å². The topological polar surface area (TPSA) is 107 Å². The van der Waals surface area contributed by atoms with Crippen LogP contribution in [-0.4, -0.2) is 42.2 Å². The normalized spacial score (nSPS) is 28.7. The Kier molecular flexibility index (Phi) is 5.30. The van der Waals surface area contributed by atoms with Gasteiger partial charge in [-0.15, -0.1) is 10.5 Å². The maximum Gasteiger partial charge on any atom is 0.292 e. The number of nitrogens with zero attached hydrogens (tertiary/aromatic N) is 4. The minimum absolute atomic E-state index is 0.0168. The second kappa shape index (κ2) is 7.98. The van der Waals surface area contributed by atoms with Gasteiger partial charge in [0.15, 0.2) is 18.0 Å². The van der Waals surface area contributed by atoms with Crippen LogP contribution in [0.1, 0.15) is 0 Å². The van der Waals surface area contributed by atoms with Crippen molar-refractivity contribution >= 4 is 23.2 Å². The Hall–Kier alpha value is -4.32. The molecule has 2 saturated heterocycles. The summed E-state index contributed by atoms with van der Waals surface area (Å²) in [6, 6.07) is 9.15. The lowest BCUT2D eigenvalue weighted by Gasteiger charge is -2.43. The van der Waals surface area contributed by atoms with Gasteiger partial charge in [-0.2, -0.15) is 0 Å². The average molecular weight is 460 g/mol. The summed E-state index contributed by atoms with van der Waals surface area (Å²) in [5.74, 6) is -3.00. The first-order chi connectivity index (χ1) is 15.8. The fraction of sp³-hybridized carbons (Fsp3) is 0.238. The highest BCUT2D eigenvalue weighted by atomic mass is 19.2. The zero-order valence-corrected chi connectivity index (χ0v) is 16.4. The largest absolute Gasteiger partial charge is 0.388 e. The molecule has 0 N–H and O–H groups in total. The summed E-state index contributed by atoms with van der Waals surface area (Å²) in [6.45, 7) is 0. The number of carbonyl (C=O) groups excluding carboxylic acids is 2. The SMILES string of the molecule is N#COc1ccc(N2C(=O)C(F)C(F)C23C(F)C(F)C(=O)N3c2ccc(OC#N)cc2)cc1. The van der Waals surface area contributed by atoms with Crippen LogP contribution in [0.2, 0.25) is 0 Å². The van der Waals surface area contributed by atoms with Crippen molar-refractivity contribution in [2.75, 3.05) is 9.80 Å². The molecule has 33 heavy (non-hydrogen) atoms. The highest BCUT2D eigenvalue weighted by Crippen LogP contribution is 2.51. The zero-order chi connectivity index (χ0) is 23.9. The summed E-state index contributed by atoms with van der Waals surface area (Å²) < 4.78 is 69.5. The lowest BCUT2D eigenvalue weighted by Crippen LogP contribution is -2.65. The van der Waals surface area contributed by atoms with Crippen molar-refractivity contribution < 1.29 is 36.6 Å². The van der Waals surface area contributed by atoms with E-state index in [1.54, 1.807) is 0 Å². The molecular formula is C21H12F4N4O4. The molecule has 8 nitrogen and oxygen atoms in total. The Bertz CT molecular complexity index is 1090. The third-order valence-corrected chi connectivity index (χ3v) is 5.47. The Morgan fingerprint density at radius 2 is 1.03 bits per heavy atom. The molecule has 0 aliphatic carbocycles. The van der Waals surface area contributed by atoms with E-state index in [1.165, 1.54) is 36.8 Å². The number of rotatable bonds is 4. The van der Waals surface area contributed by atoms with Gasteiger partial charge >= 0.3 is 0 Å². The summed E-state index contributed by atoms with van der Waals surface area (Å²) in [5.41, 5.74) is -3.53. The van der Waals surface area contributed by atoms with E-state index in [1.807, 2.05) is 0 Å². The second-order valence-electron chi connectivity index (χ2n) is 7.11. The van der Waals surface area contributed by atoms with Gasteiger partial charge in [-0.1, -0.05) is 0 Å². The number of hydrogen-bond acceptors (Lipinski definition) is 6. The summed E-state index contributed by atoms with van der Waals surface area (Å²) in [6.07, 6.45) is -8.85. The predicted molar refractivity (Wildman–Crippen MR) is 103 cm³/mol. The second-order valence-corrected chi connectivity index (χ2v) is 7.11. The van der Waals surface area contributed by atoms with Crippen LogP contribution in [0.5, 0.6) is 11.5 Å². The Morgan fingerprint density at radius 3 is 1.33 bits per heavy atom. The summed E-state index contributed by atoms with van der Waals surface area (Å²) >= 11 is 0. The molecule has 2 aliphatic heterocycles. The van der Waals surface area contributed by atoms with Crippen molar-refractivity contribution in [3.8, 4) is 24.0 Å². The summed E-state index contributed by atoms with van der Waals surface area (Å²) in [4.78, 5) is 26.2. The molecule has 1 spiro atoms. The number of carbonyl (C=O) groups is 2. The average Bonchev–Trinajstić information content (AvgIpc) is 3.13. The minimum atomic E-state index is -3.01. The van der Waals surface area contributed by atoms with Crippen molar-refractivity contribution in [1.29, 1.82) is 10.5 Å². The van der Waals surface area contributed by atoms with E-state index in [0.29, 0.717) is 9.80 Å². The number of hydrogen-bond donors (Lipinski definition) is 0. The molecule has 168 valence electrons. The van der Waals surface area contributed by atoms with Gasteiger partial charge in [0.1, 0.15) is 11.5 Å². The van der Waals surface area contributed by atoms with Gasteiger partial charge in [0.2, 0.25) is 12.3 Å². The van der Waals surface area contributed by atoms with Gasteiger partial charge in [0.05, 0.1) is 0 Å². The molecule has 12 heteroatoms. The lowest BCUT2D eigenvalue weighted by atomic mass is 9.97. The van der Waals surface area contributed by atoms with E-state index < -0.39 is 42.2 Å². The molecule has 2 aliphatic rings. The molecule has 0 saturated carbocycles. The van der Waals surface area contributed by atoms with E-state index in [4.69, 9.17) is 10.5 Å². The fourth-order valence-corrected chi connectivity index (χ4v) is 4.13. The van der Waals surface area contributed by atoms with Crippen LogP contribution in [0.4, 0.5) is 28.9 Å². The van der Waals surface area contributed by atoms with Gasteiger partial charge in [0.25, 0.3) is 24.3 Å². The molecule has 0 bridgehead atoms. The maximum atomic E-state index is 15.4. The number of nitriles is 2. The van der Waals surface area contributed by atoms with Gasteiger partial charge in [-0.05, 0) is 48.5 Å². The third kappa shape index (κ3) is 3.03. The van der Waals surface area contributed by atoms with E-state index >= 15 is 8.78 Å². The van der Waals surface area contributed by atoms with E-state index in [9.17, 15) is 18.4 Å². The number of alkyl halides is 4. The van der Waals surface area contributed by atoms with Crippen LogP contribution < -0.4 is 19.3 Å². The van der Waals surface area contributed by atoms with Crippen LogP contribution in [0, 0.1) is 23.0 Å². The number of anilines is 2. The monoisotopic (exact) mass is 460 g/mol. The zero-order valence-electron chi connectivity index (χ0n) is 16.4. The van der Waals surface area contributed by atoms with E-state index in [2.05, 4.69) is 9.47 Å². The molecule has 2 fully saturated rings. The van der Waals surface area contributed by atoms with Crippen molar-refractivity contribution in [3.05, 3.63) is 48.5 Å². The molecule has 0 aromatic heterocycles. The Balaban J connectivity index is 1.90. The fourth-order valence-electron chi connectivity index (χ4n) is 4.13. The first-order valence-corrected chi connectivity index (χ1v) is 9.35. The van der Waals surface area contributed by atoms with Gasteiger partial charge < -0.3 is 9.47 Å². The Labute approximate surface area is 183 Å². The molecule has 2 aromatic carbocycles. The number of benzene rings is 2. The van der Waals surface area contributed by atoms with Crippen LogP contribution in [-0.2, 0) is 9.59 Å². The van der Waals surface area contributed by atoms with Crippen molar-refractivity contribution in [2.45, 2.75) is 30.3 Å². The number of halogens is 4. The first kappa shape index (κ1) is 21.9. The lowest BCUT2D eigenvalue weighted by molar-refractivity contribution is -0.122. The predicted octanol–water partition coefficient (Wildman–Crippen LogP) is 2.85. The molecule has 4 rings (SSSR count). The number of ether oxygens (including phenoxy) is 2. The van der Waals surface area contributed by atoms with Gasteiger partial charge in [-0.25, -0.2) is 17.6 Å². The van der Waals surface area contributed by atoms with Crippen molar-refractivity contribution in [3.63, 3.8) is 0 Å². The van der Waals surface area contributed by atoms with Crippen LogP contribution >= 0.6 is 0 Å². The standard InChI is InChI=1S/C21H12F4N4O4/c22-15-17(24)21(28(19(15)30)11-1-5-13(6-2-11)32-9-26)18(25)16(23)20(31)29(21)12-3-7-14(8-4-12)33-10-27/h1-8,15-18H. The van der Waals surface area contributed by atoms with Crippen LogP contribution in [0.3, 0.4) is 0 Å². The van der Waals surface area contributed by atoms with Gasteiger partial charge in [-0.3, -0.25) is 19.4 Å². The molecule has 0 radical (unpaired) electrons. The smallest absolute Gasteiger partial charge is 0.292 e. The summed E-state index contributed by atoms with van der Waals surface area (Å²) in [5, 5.41) is 17.2. The number of amides is 2. The molecule has 2 heterocycles. The van der Waals surface area contributed by atoms with Crippen molar-refractivity contribution in [1.82, 2.24) is 0 Å². The minimum Gasteiger partial charge on any atom is -0.388 e. The highest BCUT2D eigenvalue weighted by molar-refractivity contribution is 6.10. The molecule has 2 amide bonds. The molecule has 4 atom stereocenters. The first-order valence-electron chi connectivity index (χ1n) is 9.35. The summed E-state index contributed by atoms with van der Waals surface area (Å²) in [7, 11) is 0. The van der Waals surface area contributed by atoms with E-state index in [0.717, 1.165) is 24.3 Å². The maximum absolute atomic E-state index is 15.4. The molecular weight excluding hydrogens is 448 g/mol. The Morgan fingerprint density at radius 1 is 0.697 bits per heavy atom. The highest BCUT2D eigenvalue weighted by Gasteiger charge is 2.75. The third-order valence-electron chi connectivity index (χ3n) is 5.47. The van der Waals surface area contributed by atoms with E-state index in [-0.39, 0.29) is 22.9 Å². The van der Waals surface area contributed by atoms with Crippen LogP contribution in [0.15, 0.2) is 48.5 Å². The van der Waals surface area contributed by atoms with Crippen molar-refractivity contribution in [2.24, 2.45) is 0 Å². The molecule has 2 aromatic rings.